The average molecular weight is 450 g/mol. The van der Waals surface area contributed by atoms with Crippen LogP contribution in [0.1, 0.15) is 32.8 Å². The van der Waals surface area contributed by atoms with Crippen molar-refractivity contribution in [1.82, 2.24) is 19.0 Å². The molecule has 0 spiro atoms. The second kappa shape index (κ2) is 7.93. The van der Waals surface area contributed by atoms with Gasteiger partial charge in [-0.15, -0.1) is 0 Å². The van der Waals surface area contributed by atoms with Crippen molar-refractivity contribution < 1.29 is 9.53 Å². The lowest BCUT2D eigenvalue weighted by molar-refractivity contribution is 0.0898. The fourth-order valence-corrected chi connectivity index (χ4v) is 5.02. The molecule has 0 N–H and O–H groups in total. The molecule has 3 aromatic rings. The van der Waals surface area contributed by atoms with E-state index in [0.717, 1.165) is 29.9 Å². The van der Waals surface area contributed by atoms with Gasteiger partial charge in [0.25, 0.3) is 0 Å². The second-order valence-corrected chi connectivity index (χ2v) is 10.4. The third-order valence-electron chi connectivity index (χ3n) is 6.57. The molecular weight excluding hydrogens is 418 g/mol. The number of hydrogen-bond donors (Lipinski definition) is 0. The van der Waals surface area contributed by atoms with Gasteiger partial charge in [0.15, 0.2) is 5.65 Å². The van der Waals surface area contributed by atoms with Gasteiger partial charge in [0.2, 0.25) is 0 Å². The number of ether oxygens (including phenoxy) is 1. The van der Waals surface area contributed by atoms with Gasteiger partial charge in [-0.3, -0.25) is 9.13 Å². The first-order valence-electron chi connectivity index (χ1n) is 11.5. The van der Waals surface area contributed by atoms with Crippen LogP contribution in [-0.2, 0) is 24.9 Å². The molecule has 8 nitrogen and oxygen atoms in total. The first kappa shape index (κ1) is 21.6. The van der Waals surface area contributed by atoms with Crippen molar-refractivity contribution in [2.75, 3.05) is 18.0 Å². The van der Waals surface area contributed by atoms with Crippen molar-refractivity contribution in [2.24, 2.45) is 12.5 Å². The van der Waals surface area contributed by atoms with Crippen LogP contribution in [0.5, 0.6) is 0 Å². The molecule has 33 heavy (non-hydrogen) atoms. The molecule has 0 radical (unpaired) electrons. The zero-order valence-corrected chi connectivity index (χ0v) is 19.7. The summed E-state index contributed by atoms with van der Waals surface area (Å²) in [5, 5.41) is 0. The average Bonchev–Trinajstić information content (AvgIpc) is 3.46. The van der Waals surface area contributed by atoms with E-state index in [0.29, 0.717) is 18.7 Å². The van der Waals surface area contributed by atoms with E-state index in [1.54, 1.807) is 11.6 Å². The monoisotopic (exact) mass is 449 g/mol. The number of benzene rings is 1. The molecule has 1 aromatic carbocycles. The number of rotatable bonds is 4. The molecule has 8 heteroatoms. The minimum atomic E-state index is -0.254. The van der Waals surface area contributed by atoms with Crippen molar-refractivity contribution in [3.63, 3.8) is 0 Å². The molecule has 2 aromatic heterocycles. The first-order valence-corrected chi connectivity index (χ1v) is 11.5. The number of carbonyl (C=O) groups excluding carboxylic acids is 1. The van der Waals surface area contributed by atoms with Crippen molar-refractivity contribution in [1.29, 1.82) is 0 Å². The Morgan fingerprint density at radius 3 is 2.52 bits per heavy atom. The number of nitrogens with zero attached hydrogens (tertiary/aromatic N) is 5. The van der Waals surface area contributed by atoms with E-state index in [9.17, 15) is 9.59 Å². The summed E-state index contributed by atoms with van der Waals surface area (Å²) in [6.07, 6.45) is 0.653. The molecule has 4 heterocycles. The summed E-state index contributed by atoms with van der Waals surface area (Å²) < 4.78 is 8.99. The van der Waals surface area contributed by atoms with E-state index in [2.05, 4.69) is 25.7 Å². The fraction of sp³-hybridized carbons (Fsp3) is 0.480. The molecular formula is C25H31N5O3. The van der Waals surface area contributed by atoms with E-state index >= 15 is 0 Å². The van der Waals surface area contributed by atoms with Crippen LogP contribution in [0.25, 0.3) is 11.2 Å². The summed E-state index contributed by atoms with van der Waals surface area (Å²) in [6.45, 7) is 8.64. The van der Waals surface area contributed by atoms with Gasteiger partial charge in [0.05, 0.1) is 17.6 Å². The normalized spacial score (nSPS) is 20.1. The SMILES string of the molecule is Cn1c(=O)n(CC(C)(C)C)c2ccc(N3CC4CC3CN4C(=O)OCc3ccccc3)nc21. The van der Waals surface area contributed by atoms with Crippen LogP contribution in [0.3, 0.4) is 0 Å². The third kappa shape index (κ3) is 3.98. The number of piperazine rings is 1. The number of anilines is 1. The van der Waals surface area contributed by atoms with Gasteiger partial charge in [-0.05, 0) is 29.5 Å². The lowest BCUT2D eigenvalue weighted by Gasteiger charge is -2.34. The number of aromatic nitrogens is 3. The number of aryl methyl sites for hydroxylation is 1. The minimum absolute atomic E-state index is 0.0105. The molecule has 2 unspecified atom stereocenters. The number of imidazole rings is 1. The number of carbonyl (C=O) groups is 1. The predicted octanol–water partition coefficient (Wildman–Crippen LogP) is 3.38. The Balaban J connectivity index is 1.30. The summed E-state index contributed by atoms with van der Waals surface area (Å²) in [5.74, 6) is 0.857. The van der Waals surface area contributed by atoms with Crippen LogP contribution in [-0.4, -0.2) is 50.3 Å². The molecule has 0 aliphatic carbocycles. The van der Waals surface area contributed by atoms with E-state index in [1.807, 2.05) is 51.9 Å². The molecule has 1 amide bonds. The van der Waals surface area contributed by atoms with E-state index in [4.69, 9.17) is 9.72 Å². The van der Waals surface area contributed by atoms with Crippen molar-refractivity contribution in [3.05, 3.63) is 58.5 Å². The molecule has 5 rings (SSSR count). The third-order valence-corrected chi connectivity index (χ3v) is 6.57. The minimum Gasteiger partial charge on any atom is -0.445 e. The largest absolute Gasteiger partial charge is 0.445 e. The highest BCUT2D eigenvalue weighted by atomic mass is 16.6. The van der Waals surface area contributed by atoms with Crippen molar-refractivity contribution in [3.8, 4) is 0 Å². The van der Waals surface area contributed by atoms with Crippen molar-refractivity contribution in [2.45, 2.75) is 52.4 Å². The maximum absolute atomic E-state index is 12.8. The smallest absolute Gasteiger partial charge is 0.410 e. The Morgan fingerprint density at radius 1 is 1.09 bits per heavy atom. The number of amides is 1. The summed E-state index contributed by atoms with van der Waals surface area (Å²) in [7, 11) is 1.78. The summed E-state index contributed by atoms with van der Waals surface area (Å²) in [5.41, 5.74) is 2.49. The van der Waals surface area contributed by atoms with E-state index in [-0.39, 0.29) is 35.9 Å². The van der Waals surface area contributed by atoms with E-state index < -0.39 is 0 Å². The van der Waals surface area contributed by atoms with Gasteiger partial charge in [-0.25, -0.2) is 14.6 Å². The Hall–Kier alpha value is -3.29. The van der Waals surface area contributed by atoms with Crippen LogP contribution in [0, 0.1) is 5.41 Å². The Bertz CT molecular complexity index is 1240. The van der Waals surface area contributed by atoms with Crippen LogP contribution in [0.4, 0.5) is 10.6 Å². The zero-order valence-electron chi connectivity index (χ0n) is 19.7. The lowest BCUT2D eigenvalue weighted by atomic mass is 9.97. The molecule has 2 atom stereocenters. The van der Waals surface area contributed by atoms with Crippen LogP contribution in [0.15, 0.2) is 47.3 Å². The number of pyridine rings is 1. The summed E-state index contributed by atoms with van der Waals surface area (Å²) >= 11 is 0. The molecule has 2 fully saturated rings. The van der Waals surface area contributed by atoms with Gasteiger partial charge in [-0.1, -0.05) is 51.1 Å². The maximum atomic E-state index is 12.8. The molecule has 2 aliphatic heterocycles. The van der Waals surface area contributed by atoms with Gasteiger partial charge in [-0.2, -0.15) is 0 Å². The summed E-state index contributed by atoms with van der Waals surface area (Å²) in [6, 6.07) is 14.1. The summed E-state index contributed by atoms with van der Waals surface area (Å²) in [4.78, 5) is 34.4. The Labute approximate surface area is 193 Å². The van der Waals surface area contributed by atoms with Gasteiger partial charge < -0.3 is 14.5 Å². The standard InChI is InChI=1S/C25H31N5O3/c1-25(2,3)16-30-20-10-11-21(26-22(20)27(4)23(30)31)28-13-19-12-18(28)14-29(19)24(32)33-15-17-8-6-5-7-9-17/h5-11,18-19H,12-16H2,1-4H3. The molecule has 2 aliphatic rings. The number of hydrogen-bond acceptors (Lipinski definition) is 5. The Morgan fingerprint density at radius 2 is 1.85 bits per heavy atom. The van der Waals surface area contributed by atoms with E-state index in [1.165, 1.54) is 0 Å². The highest BCUT2D eigenvalue weighted by Crippen LogP contribution is 2.35. The predicted molar refractivity (Wildman–Crippen MR) is 127 cm³/mol. The fourth-order valence-electron chi connectivity index (χ4n) is 5.02. The van der Waals surface area contributed by atoms with Crippen molar-refractivity contribution >= 4 is 23.1 Å². The molecule has 2 bridgehead atoms. The highest BCUT2D eigenvalue weighted by Gasteiger charge is 2.46. The molecule has 2 saturated heterocycles. The van der Waals surface area contributed by atoms with Gasteiger partial charge in [0.1, 0.15) is 12.4 Å². The second-order valence-electron chi connectivity index (χ2n) is 10.4. The van der Waals surface area contributed by atoms with Gasteiger partial charge in [0, 0.05) is 26.7 Å². The maximum Gasteiger partial charge on any atom is 0.410 e. The van der Waals surface area contributed by atoms with Crippen LogP contribution in [0.2, 0.25) is 0 Å². The number of fused-ring (bicyclic) bond motifs is 3. The quantitative estimate of drug-likeness (QED) is 0.611. The highest BCUT2D eigenvalue weighted by molar-refractivity contribution is 5.75. The van der Waals surface area contributed by atoms with Crippen LogP contribution < -0.4 is 10.6 Å². The lowest BCUT2D eigenvalue weighted by Crippen LogP contribution is -2.49. The zero-order chi connectivity index (χ0) is 23.3. The molecule has 0 saturated carbocycles. The number of likely N-dealkylation sites (tertiary alicyclic amines) is 1. The molecule has 174 valence electrons. The Kier molecular flexibility index (Phi) is 5.18. The topological polar surface area (TPSA) is 72.6 Å². The first-order chi connectivity index (χ1) is 15.7. The van der Waals surface area contributed by atoms with Crippen LogP contribution >= 0.6 is 0 Å². The van der Waals surface area contributed by atoms with Gasteiger partial charge >= 0.3 is 11.8 Å².